The molecule has 0 aliphatic heterocycles. The molecule has 1 amide bonds. The Morgan fingerprint density at radius 1 is 1.48 bits per heavy atom. The van der Waals surface area contributed by atoms with Crippen molar-refractivity contribution in [3.63, 3.8) is 0 Å². The van der Waals surface area contributed by atoms with Crippen LogP contribution in [0.1, 0.15) is 12.2 Å². The van der Waals surface area contributed by atoms with E-state index in [0.29, 0.717) is 31.0 Å². The molecular weight excluding hydrogens is 268 g/mol. The Hall–Kier alpha value is -2.50. The van der Waals surface area contributed by atoms with Gasteiger partial charge in [0.15, 0.2) is 0 Å². The molecule has 112 valence electrons. The number of imidazole rings is 1. The number of hydrogen-bond donors (Lipinski definition) is 1. The Labute approximate surface area is 124 Å². The molecule has 0 bridgehead atoms. The zero-order valence-electron chi connectivity index (χ0n) is 12.3. The van der Waals surface area contributed by atoms with E-state index in [1.807, 2.05) is 29.9 Å². The SMILES string of the molecule is CN(Cc1nccn1C)C(=O)CCOc1cccc(N)c1. The van der Waals surface area contributed by atoms with E-state index in [-0.39, 0.29) is 5.91 Å². The number of nitrogens with zero attached hydrogens (tertiary/aromatic N) is 3. The summed E-state index contributed by atoms with van der Waals surface area (Å²) in [6.45, 7) is 0.813. The highest BCUT2D eigenvalue weighted by Gasteiger charge is 2.11. The molecule has 0 spiro atoms. The smallest absolute Gasteiger partial charge is 0.226 e. The van der Waals surface area contributed by atoms with Crippen LogP contribution in [-0.2, 0) is 18.4 Å². The van der Waals surface area contributed by atoms with Crippen molar-refractivity contribution in [2.24, 2.45) is 7.05 Å². The van der Waals surface area contributed by atoms with Crippen molar-refractivity contribution in [3.8, 4) is 5.75 Å². The van der Waals surface area contributed by atoms with E-state index in [4.69, 9.17) is 10.5 Å². The molecule has 0 radical (unpaired) electrons. The number of benzene rings is 1. The second-order valence-corrected chi connectivity index (χ2v) is 4.88. The molecule has 0 aliphatic rings. The Balaban J connectivity index is 1.77. The minimum Gasteiger partial charge on any atom is -0.493 e. The Morgan fingerprint density at radius 2 is 2.29 bits per heavy atom. The zero-order chi connectivity index (χ0) is 15.2. The van der Waals surface area contributed by atoms with Crippen molar-refractivity contribution >= 4 is 11.6 Å². The third-order valence-corrected chi connectivity index (χ3v) is 3.17. The van der Waals surface area contributed by atoms with Crippen molar-refractivity contribution in [1.82, 2.24) is 14.5 Å². The van der Waals surface area contributed by atoms with Crippen LogP contribution in [0.5, 0.6) is 5.75 Å². The second-order valence-electron chi connectivity index (χ2n) is 4.88. The van der Waals surface area contributed by atoms with Crippen LogP contribution < -0.4 is 10.5 Å². The number of ether oxygens (including phenoxy) is 1. The Kier molecular flexibility index (Phi) is 4.81. The van der Waals surface area contributed by atoms with Gasteiger partial charge in [0.05, 0.1) is 19.6 Å². The molecule has 1 heterocycles. The molecule has 0 unspecified atom stereocenters. The third-order valence-electron chi connectivity index (χ3n) is 3.17. The second kappa shape index (κ2) is 6.78. The van der Waals surface area contributed by atoms with E-state index in [0.717, 1.165) is 5.82 Å². The van der Waals surface area contributed by atoms with Crippen LogP contribution in [0, 0.1) is 0 Å². The van der Waals surface area contributed by atoms with Gasteiger partial charge in [0.1, 0.15) is 11.6 Å². The molecule has 0 saturated heterocycles. The summed E-state index contributed by atoms with van der Waals surface area (Å²) in [6, 6.07) is 7.17. The molecule has 6 nitrogen and oxygen atoms in total. The van der Waals surface area contributed by atoms with Crippen molar-refractivity contribution in [1.29, 1.82) is 0 Å². The Morgan fingerprint density at radius 3 is 2.95 bits per heavy atom. The molecule has 2 N–H and O–H groups in total. The highest BCUT2D eigenvalue weighted by molar-refractivity contribution is 5.75. The average Bonchev–Trinajstić information content (AvgIpc) is 2.84. The highest BCUT2D eigenvalue weighted by atomic mass is 16.5. The predicted octanol–water partition coefficient (Wildman–Crippen LogP) is 1.43. The molecular formula is C15H20N4O2. The summed E-state index contributed by atoms with van der Waals surface area (Å²) in [7, 11) is 3.67. The number of amides is 1. The largest absolute Gasteiger partial charge is 0.493 e. The molecule has 0 atom stereocenters. The summed E-state index contributed by atoms with van der Waals surface area (Å²) in [5, 5.41) is 0. The average molecular weight is 288 g/mol. The topological polar surface area (TPSA) is 73.4 Å². The zero-order valence-corrected chi connectivity index (χ0v) is 12.3. The number of carbonyl (C=O) groups is 1. The van der Waals surface area contributed by atoms with Crippen LogP contribution in [0.3, 0.4) is 0 Å². The van der Waals surface area contributed by atoms with Crippen LogP contribution in [-0.4, -0.2) is 34.0 Å². The molecule has 0 saturated carbocycles. The summed E-state index contributed by atoms with van der Waals surface area (Å²) in [4.78, 5) is 17.9. The van der Waals surface area contributed by atoms with Crippen molar-refractivity contribution in [2.45, 2.75) is 13.0 Å². The lowest BCUT2D eigenvalue weighted by molar-refractivity contribution is -0.131. The summed E-state index contributed by atoms with van der Waals surface area (Å²) in [5.74, 6) is 1.54. The maximum atomic E-state index is 12.0. The summed E-state index contributed by atoms with van der Waals surface area (Å²) in [5.41, 5.74) is 6.31. The Bertz CT molecular complexity index is 609. The van der Waals surface area contributed by atoms with Gasteiger partial charge in [-0.3, -0.25) is 4.79 Å². The van der Waals surface area contributed by atoms with Crippen LogP contribution >= 0.6 is 0 Å². The first-order chi connectivity index (χ1) is 10.1. The van der Waals surface area contributed by atoms with E-state index >= 15 is 0 Å². The van der Waals surface area contributed by atoms with Gasteiger partial charge in [-0.1, -0.05) is 6.07 Å². The van der Waals surface area contributed by atoms with E-state index in [2.05, 4.69) is 4.98 Å². The number of hydrogen-bond acceptors (Lipinski definition) is 4. The van der Waals surface area contributed by atoms with Crippen LogP contribution in [0.2, 0.25) is 0 Å². The van der Waals surface area contributed by atoms with Gasteiger partial charge >= 0.3 is 0 Å². The first-order valence-electron chi connectivity index (χ1n) is 6.75. The maximum Gasteiger partial charge on any atom is 0.226 e. The number of nitrogen functional groups attached to an aromatic ring is 1. The number of aryl methyl sites for hydroxylation is 1. The molecule has 1 aromatic carbocycles. The van der Waals surface area contributed by atoms with Gasteiger partial charge in [-0.05, 0) is 12.1 Å². The van der Waals surface area contributed by atoms with Gasteiger partial charge in [0.2, 0.25) is 5.91 Å². The molecule has 0 aliphatic carbocycles. The van der Waals surface area contributed by atoms with E-state index in [9.17, 15) is 4.79 Å². The fraction of sp³-hybridized carbons (Fsp3) is 0.333. The summed E-state index contributed by atoms with van der Waals surface area (Å²) in [6.07, 6.45) is 3.89. The number of rotatable bonds is 6. The first-order valence-corrected chi connectivity index (χ1v) is 6.75. The van der Waals surface area contributed by atoms with Gasteiger partial charge in [-0.15, -0.1) is 0 Å². The lowest BCUT2D eigenvalue weighted by atomic mass is 10.3. The van der Waals surface area contributed by atoms with Crippen LogP contribution in [0.25, 0.3) is 0 Å². The lowest BCUT2D eigenvalue weighted by Gasteiger charge is -2.17. The first kappa shape index (κ1) is 14.9. The normalized spacial score (nSPS) is 10.4. The van der Waals surface area contributed by atoms with Gasteiger partial charge in [-0.25, -0.2) is 4.98 Å². The van der Waals surface area contributed by atoms with Gasteiger partial charge in [-0.2, -0.15) is 0 Å². The van der Waals surface area contributed by atoms with Gasteiger partial charge < -0.3 is 19.9 Å². The monoisotopic (exact) mass is 288 g/mol. The van der Waals surface area contributed by atoms with Crippen molar-refractivity contribution < 1.29 is 9.53 Å². The third kappa shape index (κ3) is 4.24. The molecule has 2 aromatic rings. The number of aromatic nitrogens is 2. The van der Waals surface area contributed by atoms with E-state index < -0.39 is 0 Å². The van der Waals surface area contributed by atoms with Crippen molar-refractivity contribution in [3.05, 3.63) is 42.5 Å². The molecule has 6 heteroatoms. The molecule has 21 heavy (non-hydrogen) atoms. The summed E-state index contributed by atoms with van der Waals surface area (Å²) >= 11 is 0. The highest BCUT2D eigenvalue weighted by Crippen LogP contribution is 2.14. The number of carbonyl (C=O) groups excluding carboxylic acids is 1. The molecule has 2 rings (SSSR count). The minimum absolute atomic E-state index is 0.0157. The van der Waals surface area contributed by atoms with Crippen molar-refractivity contribution in [2.75, 3.05) is 19.4 Å². The van der Waals surface area contributed by atoms with Gasteiger partial charge in [0, 0.05) is 38.2 Å². The number of anilines is 1. The standard InChI is InChI=1S/C15H20N4O2/c1-18-8-7-17-14(18)11-19(2)15(20)6-9-21-13-5-3-4-12(16)10-13/h3-5,7-8,10H,6,9,11,16H2,1-2H3. The quantitative estimate of drug-likeness (QED) is 0.816. The fourth-order valence-corrected chi connectivity index (χ4v) is 1.90. The fourth-order valence-electron chi connectivity index (χ4n) is 1.90. The van der Waals surface area contributed by atoms with E-state index in [1.54, 1.807) is 30.3 Å². The maximum absolute atomic E-state index is 12.0. The minimum atomic E-state index is 0.0157. The van der Waals surface area contributed by atoms with Crippen LogP contribution in [0.15, 0.2) is 36.7 Å². The van der Waals surface area contributed by atoms with Gasteiger partial charge in [0.25, 0.3) is 0 Å². The van der Waals surface area contributed by atoms with Crippen LogP contribution in [0.4, 0.5) is 5.69 Å². The van der Waals surface area contributed by atoms with E-state index in [1.165, 1.54) is 0 Å². The molecule has 0 fully saturated rings. The lowest BCUT2D eigenvalue weighted by Crippen LogP contribution is -2.28. The predicted molar refractivity (Wildman–Crippen MR) is 80.6 cm³/mol. The summed E-state index contributed by atoms with van der Waals surface area (Å²) < 4.78 is 7.41. The number of nitrogens with two attached hydrogens (primary N) is 1. The molecule has 1 aromatic heterocycles.